The lowest BCUT2D eigenvalue weighted by molar-refractivity contribution is -0.122. The van der Waals surface area contributed by atoms with Gasteiger partial charge >= 0.3 is 5.69 Å². The molecule has 4 aromatic rings. The first-order valence-electron chi connectivity index (χ1n) is 11.7. The van der Waals surface area contributed by atoms with Crippen LogP contribution in [0.15, 0.2) is 76.6 Å². The van der Waals surface area contributed by atoms with Crippen molar-refractivity contribution in [3.05, 3.63) is 99.0 Å². The number of amides is 1. The van der Waals surface area contributed by atoms with Crippen LogP contribution in [0.5, 0.6) is 0 Å². The van der Waals surface area contributed by atoms with Crippen molar-refractivity contribution < 1.29 is 4.79 Å². The van der Waals surface area contributed by atoms with Crippen molar-refractivity contribution in [2.75, 3.05) is 0 Å². The SMILES string of the molecule is O=C(Cn1c(=O)c2c(ncn2Cc2ccccc2)n(Cc2ccccc2)c1=O)NC1CCCC1. The molecule has 0 saturated heterocycles. The molecular formula is C26H27N5O3. The Labute approximate surface area is 196 Å². The Bertz CT molecular complexity index is 1410. The van der Waals surface area contributed by atoms with Gasteiger partial charge in [-0.2, -0.15) is 0 Å². The first-order valence-corrected chi connectivity index (χ1v) is 11.7. The van der Waals surface area contributed by atoms with E-state index in [1.54, 1.807) is 10.9 Å². The number of carbonyl (C=O) groups is 1. The van der Waals surface area contributed by atoms with Crippen LogP contribution in [0.3, 0.4) is 0 Å². The van der Waals surface area contributed by atoms with Crippen LogP contribution in [-0.4, -0.2) is 30.6 Å². The summed E-state index contributed by atoms with van der Waals surface area (Å²) in [6.07, 6.45) is 5.62. The molecule has 2 heterocycles. The largest absolute Gasteiger partial charge is 0.352 e. The number of hydrogen-bond donors (Lipinski definition) is 1. The topological polar surface area (TPSA) is 90.9 Å². The summed E-state index contributed by atoms with van der Waals surface area (Å²) in [5.41, 5.74) is 1.51. The molecule has 0 spiro atoms. The highest BCUT2D eigenvalue weighted by atomic mass is 16.2. The zero-order chi connectivity index (χ0) is 23.5. The van der Waals surface area contributed by atoms with Crippen LogP contribution in [0.25, 0.3) is 11.2 Å². The standard InChI is InChI=1S/C26H27N5O3/c32-22(28-21-13-7-8-14-21)17-31-25(33)23-24(27-18-29(23)15-19-9-3-1-4-10-19)30(26(31)34)16-20-11-5-2-6-12-20/h1-6,9-12,18,21H,7-8,13-17H2,(H,28,32). The molecule has 8 nitrogen and oxygen atoms in total. The third-order valence-electron chi connectivity index (χ3n) is 6.38. The minimum Gasteiger partial charge on any atom is -0.352 e. The molecule has 1 amide bonds. The molecule has 174 valence electrons. The molecule has 2 aromatic heterocycles. The number of fused-ring (bicyclic) bond motifs is 1. The van der Waals surface area contributed by atoms with Gasteiger partial charge in [-0.3, -0.25) is 14.2 Å². The van der Waals surface area contributed by atoms with Crippen LogP contribution >= 0.6 is 0 Å². The van der Waals surface area contributed by atoms with E-state index in [0.717, 1.165) is 41.4 Å². The molecule has 34 heavy (non-hydrogen) atoms. The molecule has 5 rings (SSSR count). The molecule has 1 aliphatic carbocycles. The molecule has 1 fully saturated rings. The molecule has 1 aliphatic rings. The average Bonchev–Trinajstić information content (AvgIpc) is 3.51. The molecule has 0 aliphatic heterocycles. The summed E-state index contributed by atoms with van der Waals surface area (Å²) in [5.74, 6) is -0.314. The fourth-order valence-electron chi connectivity index (χ4n) is 4.67. The lowest BCUT2D eigenvalue weighted by atomic mass is 10.2. The van der Waals surface area contributed by atoms with Crippen molar-refractivity contribution in [2.45, 2.75) is 51.4 Å². The van der Waals surface area contributed by atoms with Crippen molar-refractivity contribution in [2.24, 2.45) is 0 Å². The lowest BCUT2D eigenvalue weighted by Crippen LogP contribution is -2.45. The van der Waals surface area contributed by atoms with Crippen molar-refractivity contribution in [1.29, 1.82) is 0 Å². The van der Waals surface area contributed by atoms with E-state index in [2.05, 4.69) is 10.3 Å². The van der Waals surface area contributed by atoms with Gasteiger partial charge in [0.2, 0.25) is 5.91 Å². The summed E-state index contributed by atoms with van der Waals surface area (Å²) in [6.45, 7) is 0.378. The maximum Gasteiger partial charge on any atom is 0.333 e. The predicted molar refractivity (Wildman–Crippen MR) is 130 cm³/mol. The van der Waals surface area contributed by atoms with Crippen LogP contribution in [-0.2, 0) is 24.4 Å². The van der Waals surface area contributed by atoms with Gasteiger partial charge in [0.25, 0.3) is 5.56 Å². The number of imidazole rings is 1. The molecule has 0 unspecified atom stereocenters. The number of aromatic nitrogens is 4. The highest BCUT2D eigenvalue weighted by Gasteiger charge is 2.22. The summed E-state index contributed by atoms with van der Waals surface area (Å²) in [6, 6.07) is 19.4. The van der Waals surface area contributed by atoms with E-state index in [-0.39, 0.29) is 25.0 Å². The zero-order valence-corrected chi connectivity index (χ0v) is 18.9. The monoisotopic (exact) mass is 457 g/mol. The van der Waals surface area contributed by atoms with Crippen LogP contribution in [0, 0.1) is 0 Å². The van der Waals surface area contributed by atoms with Gasteiger partial charge < -0.3 is 9.88 Å². The second-order valence-electron chi connectivity index (χ2n) is 8.82. The fraction of sp³-hybridized carbons (Fsp3) is 0.308. The van der Waals surface area contributed by atoms with Crippen molar-refractivity contribution in [3.8, 4) is 0 Å². The highest BCUT2D eigenvalue weighted by molar-refractivity contribution is 5.77. The summed E-state index contributed by atoms with van der Waals surface area (Å²) < 4.78 is 4.27. The van der Waals surface area contributed by atoms with Crippen LogP contribution in [0.2, 0.25) is 0 Å². The normalized spacial score (nSPS) is 14.0. The minimum atomic E-state index is -0.534. The second kappa shape index (κ2) is 9.51. The van der Waals surface area contributed by atoms with Gasteiger partial charge in [0.05, 0.1) is 12.9 Å². The number of rotatable bonds is 7. The Kier molecular flexibility index (Phi) is 6.12. The third kappa shape index (κ3) is 4.44. The van der Waals surface area contributed by atoms with E-state index in [4.69, 9.17) is 0 Å². The van der Waals surface area contributed by atoms with Crippen LogP contribution in [0.4, 0.5) is 0 Å². The first-order chi connectivity index (χ1) is 16.6. The maximum atomic E-state index is 13.5. The Morgan fingerprint density at radius 2 is 1.50 bits per heavy atom. The summed E-state index contributed by atoms with van der Waals surface area (Å²) in [7, 11) is 0. The van der Waals surface area contributed by atoms with Gasteiger partial charge in [-0.25, -0.2) is 14.3 Å². The summed E-state index contributed by atoms with van der Waals surface area (Å²) in [5, 5.41) is 2.98. The van der Waals surface area contributed by atoms with Gasteiger partial charge in [0.15, 0.2) is 11.2 Å². The van der Waals surface area contributed by atoms with E-state index < -0.39 is 11.2 Å². The number of nitrogens with one attached hydrogen (secondary N) is 1. The molecule has 0 bridgehead atoms. The summed E-state index contributed by atoms with van der Waals surface area (Å²) in [4.78, 5) is 44.2. The third-order valence-corrected chi connectivity index (χ3v) is 6.38. The van der Waals surface area contributed by atoms with Gasteiger partial charge in [0.1, 0.15) is 6.54 Å². The Morgan fingerprint density at radius 3 is 2.15 bits per heavy atom. The number of benzene rings is 2. The van der Waals surface area contributed by atoms with Crippen molar-refractivity contribution >= 4 is 17.1 Å². The molecule has 0 radical (unpaired) electrons. The predicted octanol–water partition coefficient (Wildman–Crippen LogP) is 2.52. The Hall–Kier alpha value is -3.94. The van der Waals surface area contributed by atoms with Crippen molar-refractivity contribution in [3.63, 3.8) is 0 Å². The summed E-state index contributed by atoms with van der Waals surface area (Å²) >= 11 is 0. The van der Waals surface area contributed by atoms with Gasteiger partial charge in [-0.05, 0) is 24.0 Å². The van der Waals surface area contributed by atoms with Gasteiger partial charge in [0, 0.05) is 12.6 Å². The molecule has 0 atom stereocenters. The molecular weight excluding hydrogens is 430 g/mol. The number of carbonyl (C=O) groups excluding carboxylic acids is 1. The van der Waals surface area contributed by atoms with Crippen LogP contribution in [0.1, 0.15) is 36.8 Å². The number of nitrogens with zero attached hydrogens (tertiary/aromatic N) is 4. The minimum absolute atomic E-state index is 0.113. The quantitative estimate of drug-likeness (QED) is 0.462. The Morgan fingerprint density at radius 1 is 0.882 bits per heavy atom. The van der Waals surface area contributed by atoms with Crippen LogP contribution < -0.4 is 16.6 Å². The van der Waals surface area contributed by atoms with E-state index in [1.165, 1.54) is 4.57 Å². The lowest BCUT2D eigenvalue weighted by Gasteiger charge is -2.15. The van der Waals surface area contributed by atoms with Gasteiger partial charge in [-0.1, -0.05) is 73.5 Å². The van der Waals surface area contributed by atoms with E-state index in [1.807, 2.05) is 60.7 Å². The average molecular weight is 458 g/mol. The molecule has 1 N–H and O–H groups in total. The van der Waals surface area contributed by atoms with Crippen molar-refractivity contribution in [1.82, 2.24) is 24.0 Å². The molecule has 2 aromatic carbocycles. The molecule has 8 heteroatoms. The van der Waals surface area contributed by atoms with E-state index in [0.29, 0.717) is 17.7 Å². The number of hydrogen-bond acceptors (Lipinski definition) is 4. The zero-order valence-electron chi connectivity index (χ0n) is 18.9. The second-order valence-corrected chi connectivity index (χ2v) is 8.82. The first kappa shape index (κ1) is 21.9. The maximum absolute atomic E-state index is 13.5. The highest BCUT2D eigenvalue weighted by Crippen LogP contribution is 2.17. The van der Waals surface area contributed by atoms with E-state index >= 15 is 0 Å². The smallest absolute Gasteiger partial charge is 0.333 e. The fourth-order valence-corrected chi connectivity index (χ4v) is 4.67. The molecule has 1 saturated carbocycles. The van der Waals surface area contributed by atoms with Gasteiger partial charge in [-0.15, -0.1) is 0 Å². The Balaban J connectivity index is 1.59. The van der Waals surface area contributed by atoms with E-state index in [9.17, 15) is 14.4 Å².